The quantitative estimate of drug-likeness (QED) is 0.587. The van der Waals surface area contributed by atoms with Crippen LogP contribution < -0.4 is 4.90 Å². The molecule has 1 saturated carbocycles. The normalized spacial score (nSPS) is 29.6. The second-order valence-electron chi connectivity index (χ2n) is 7.22. The summed E-state index contributed by atoms with van der Waals surface area (Å²) in [5.74, 6) is -0.314. The van der Waals surface area contributed by atoms with Gasteiger partial charge in [0.1, 0.15) is 6.10 Å². The SMILES string of the molecule is O=C1C2=C(OC3CCC(Br)CC13)C(=O)N(c1nccs1)C2c1ccc(Cl)cc1. The van der Waals surface area contributed by atoms with E-state index in [-0.39, 0.29) is 29.5 Å². The van der Waals surface area contributed by atoms with Crippen LogP contribution in [-0.2, 0) is 14.3 Å². The summed E-state index contributed by atoms with van der Waals surface area (Å²) in [6, 6.07) is 6.70. The zero-order valence-corrected chi connectivity index (χ0v) is 17.8. The maximum Gasteiger partial charge on any atom is 0.296 e. The first-order chi connectivity index (χ1) is 13.5. The van der Waals surface area contributed by atoms with Gasteiger partial charge in [0.2, 0.25) is 0 Å². The Hall–Kier alpha value is -1.70. The minimum absolute atomic E-state index is 0.0164. The summed E-state index contributed by atoms with van der Waals surface area (Å²) in [6.45, 7) is 0. The van der Waals surface area contributed by atoms with Gasteiger partial charge in [-0.3, -0.25) is 14.5 Å². The Morgan fingerprint density at radius 2 is 2.00 bits per heavy atom. The first-order valence-electron chi connectivity index (χ1n) is 9.12. The van der Waals surface area contributed by atoms with E-state index in [0.29, 0.717) is 20.6 Å². The number of ether oxygens (including phenoxy) is 1. The largest absolute Gasteiger partial charge is 0.483 e. The number of aromatic nitrogens is 1. The molecule has 5 rings (SSSR count). The van der Waals surface area contributed by atoms with Gasteiger partial charge in [-0.25, -0.2) is 4.98 Å². The molecule has 3 heterocycles. The average molecular weight is 480 g/mol. The Morgan fingerprint density at radius 1 is 1.21 bits per heavy atom. The first-order valence-corrected chi connectivity index (χ1v) is 11.3. The number of Topliss-reactive ketones (excluding diaryl/α,β-unsaturated/α-hetero) is 1. The summed E-state index contributed by atoms with van der Waals surface area (Å²) in [7, 11) is 0. The van der Waals surface area contributed by atoms with Crippen molar-refractivity contribution < 1.29 is 14.3 Å². The van der Waals surface area contributed by atoms with E-state index in [4.69, 9.17) is 16.3 Å². The number of hydrogen-bond acceptors (Lipinski definition) is 5. The van der Waals surface area contributed by atoms with Crippen LogP contribution in [0.4, 0.5) is 5.13 Å². The molecule has 0 radical (unpaired) electrons. The molecule has 4 unspecified atom stereocenters. The second kappa shape index (κ2) is 6.97. The highest BCUT2D eigenvalue weighted by Gasteiger charge is 2.53. The Balaban J connectivity index is 1.64. The summed E-state index contributed by atoms with van der Waals surface area (Å²) in [4.78, 5) is 33.0. The molecule has 1 aromatic heterocycles. The molecule has 1 fully saturated rings. The van der Waals surface area contributed by atoms with E-state index < -0.39 is 6.04 Å². The lowest BCUT2D eigenvalue weighted by molar-refractivity contribution is -0.131. The third kappa shape index (κ3) is 2.83. The number of rotatable bonds is 2. The number of amides is 1. The van der Waals surface area contributed by atoms with Crippen LogP contribution in [0.2, 0.25) is 5.02 Å². The van der Waals surface area contributed by atoms with E-state index in [1.54, 1.807) is 23.2 Å². The van der Waals surface area contributed by atoms with Crippen LogP contribution in [0.25, 0.3) is 0 Å². The molecule has 1 amide bonds. The van der Waals surface area contributed by atoms with E-state index >= 15 is 0 Å². The number of ketones is 1. The Bertz CT molecular complexity index is 976. The highest BCUT2D eigenvalue weighted by atomic mass is 79.9. The van der Waals surface area contributed by atoms with Gasteiger partial charge >= 0.3 is 0 Å². The summed E-state index contributed by atoms with van der Waals surface area (Å²) < 4.78 is 6.15. The van der Waals surface area contributed by atoms with Gasteiger partial charge in [-0.05, 0) is 37.0 Å². The van der Waals surface area contributed by atoms with Crippen LogP contribution >= 0.6 is 38.9 Å². The van der Waals surface area contributed by atoms with Crippen molar-refractivity contribution in [3.05, 3.63) is 57.8 Å². The number of alkyl halides is 1. The van der Waals surface area contributed by atoms with Gasteiger partial charge in [0.15, 0.2) is 16.7 Å². The van der Waals surface area contributed by atoms with E-state index in [0.717, 1.165) is 24.8 Å². The van der Waals surface area contributed by atoms with Crippen molar-refractivity contribution in [2.75, 3.05) is 4.90 Å². The van der Waals surface area contributed by atoms with Crippen LogP contribution in [-0.4, -0.2) is 27.6 Å². The summed E-state index contributed by atoms with van der Waals surface area (Å²) in [5, 5.41) is 2.97. The average Bonchev–Trinajstić information content (AvgIpc) is 3.30. The molecule has 3 aliphatic rings. The number of thiazole rings is 1. The topological polar surface area (TPSA) is 59.5 Å². The van der Waals surface area contributed by atoms with Crippen molar-refractivity contribution in [2.45, 2.75) is 36.2 Å². The lowest BCUT2D eigenvalue weighted by Crippen LogP contribution is -2.41. The number of nitrogens with zero attached hydrogens (tertiary/aromatic N) is 2. The van der Waals surface area contributed by atoms with Gasteiger partial charge < -0.3 is 4.74 Å². The third-order valence-corrected chi connectivity index (χ3v) is 7.45. The van der Waals surface area contributed by atoms with Crippen molar-refractivity contribution in [1.82, 2.24) is 4.98 Å². The standard InChI is InChI=1S/C20H16BrClN2O3S/c21-11-3-6-14-13(9-11)17(25)15-16(10-1-4-12(22)5-2-10)24(19(26)18(15)27-14)20-23-7-8-28-20/h1-2,4-5,7-8,11,13-14,16H,3,6,9H2. The van der Waals surface area contributed by atoms with E-state index in [9.17, 15) is 9.59 Å². The fraction of sp³-hybridized carbons (Fsp3) is 0.350. The zero-order valence-electron chi connectivity index (χ0n) is 14.7. The van der Waals surface area contributed by atoms with E-state index in [2.05, 4.69) is 20.9 Å². The number of hydrogen-bond donors (Lipinski definition) is 0. The molecule has 5 nitrogen and oxygen atoms in total. The summed E-state index contributed by atoms with van der Waals surface area (Å²) in [5.41, 5.74) is 1.27. The molecule has 0 spiro atoms. The van der Waals surface area contributed by atoms with E-state index in [1.807, 2.05) is 17.5 Å². The number of carbonyl (C=O) groups excluding carboxylic acids is 2. The lowest BCUT2D eigenvalue weighted by Gasteiger charge is -2.37. The van der Waals surface area contributed by atoms with Gasteiger partial charge in [-0.1, -0.05) is 39.7 Å². The lowest BCUT2D eigenvalue weighted by atomic mass is 9.77. The number of anilines is 1. The molecule has 1 aromatic carbocycles. The molecular weight excluding hydrogens is 464 g/mol. The zero-order chi connectivity index (χ0) is 19.4. The minimum Gasteiger partial charge on any atom is -0.483 e. The molecule has 0 N–H and O–H groups in total. The minimum atomic E-state index is -0.546. The number of fused-ring (bicyclic) bond motifs is 1. The molecule has 144 valence electrons. The van der Waals surface area contributed by atoms with Gasteiger partial charge in [0.05, 0.1) is 17.5 Å². The molecular formula is C20H16BrClN2O3S. The van der Waals surface area contributed by atoms with Crippen LogP contribution in [0.15, 0.2) is 47.2 Å². The highest BCUT2D eigenvalue weighted by molar-refractivity contribution is 9.09. The monoisotopic (exact) mass is 478 g/mol. The summed E-state index contributed by atoms with van der Waals surface area (Å²) >= 11 is 11.1. The predicted molar refractivity (Wildman–Crippen MR) is 111 cm³/mol. The Morgan fingerprint density at radius 3 is 2.71 bits per heavy atom. The number of benzene rings is 1. The van der Waals surface area contributed by atoms with Gasteiger partial charge in [0, 0.05) is 21.4 Å². The Kier molecular flexibility index (Phi) is 4.56. The van der Waals surface area contributed by atoms with Gasteiger partial charge in [-0.15, -0.1) is 11.3 Å². The van der Waals surface area contributed by atoms with Crippen molar-refractivity contribution in [1.29, 1.82) is 0 Å². The molecule has 28 heavy (non-hydrogen) atoms. The van der Waals surface area contributed by atoms with Crippen LogP contribution in [0.3, 0.4) is 0 Å². The number of carbonyl (C=O) groups is 2. The molecule has 0 bridgehead atoms. The van der Waals surface area contributed by atoms with Crippen molar-refractivity contribution in [3.63, 3.8) is 0 Å². The van der Waals surface area contributed by atoms with Crippen LogP contribution in [0, 0.1) is 5.92 Å². The van der Waals surface area contributed by atoms with Gasteiger partial charge in [0.25, 0.3) is 5.91 Å². The summed E-state index contributed by atoms with van der Waals surface area (Å²) in [6.07, 6.45) is 3.84. The molecule has 0 saturated heterocycles. The number of halogens is 2. The highest BCUT2D eigenvalue weighted by Crippen LogP contribution is 2.49. The van der Waals surface area contributed by atoms with Crippen molar-refractivity contribution in [2.24, 2.45) is 5.92 Å². The van der Waals surface area contributed by atoms with Crippen molar-refractivity contribution >= 4 is 55.7 Å². The first kappa shape index (κ1) is 18.3. The molecule has 1 aliphatic carbocycles. The molecule has 4 atom stereocenters. The second-order valence-corrected chi connectivity index (χ2v) is 9.83. The molecule has 2 aromatic rings. The van der Waals surface area contributed by atoms with Crippen LogP contribution in [0.1, 0.15) is 30.9 Å². The fourth-order valence-electron chi connectivity index (χ4n) is 4.31. The van der Waals surface area contributed by atoms with E-state index in [1.165, 1.54) is 11.3 Å². The predicted octanol–water partition coefficient (Wildman–Crippen LogP) is 4.67. The maximum atomic E-state index is 13.5. The molecule has 8 heteroatoms. The van der Waals surface area contributed by atoms with Gasteiger partial charge in [-0.2, -0.15) is 0 Å². The van der Waals surface area contributed by atoms with Crippen molar-refractivity contribution in [3.8, 4) is 0 Å². The fourth-order valence-corrected chi connectivity index (χ4v) is 5.77. The Labute approximate surface area is 179 Å². The third-order valence-electron chi connectivity index (χ3n) is 5.59. The molecule has 2 aliphatic heterocycles. The smallest absolute Gasteiger partial charge is 0.296 e. The van der Waals surface area contributed by atoms with Crippen LogP contribution in [0.5, 0.6) is 0 Å². The maximum absolute atomic E-state index is 13.5.